The Bertz CT molecular complexity index is 396. The molecule has 2 N–H and O–H groups in total. The highest BCUT2D eigenvalue weighted by Gasteiger charge is 2.41. The van der Waals surface area contributed by atoms with E-state index in [0.29, 0.717) is 11.8 Å². The number of hydrogen-bond donors (Lipinski definition) is 1. The van der Waals surface area contributed by atoms with Crippen LogP contribution in [0.3, 0.4) is 0 Å². The van der Waals surface area contributed by atoms with Gasteiger partial charge in [-0.15, -0.1) is 0 Å². The lowest BCUT2D eigenvalue weighted by Gasteiger charge is -2.26. The van der Waals surface area contributed by atoms with Crippen molar-refractivity contribution in [3.05, 3.63) is 34.9 Å². The summed E-state index contributed by atoms with van der Waals surface area (Å²) in [6.45, 7) is 6.41. The first-order chi connectivity index (χ1) is 8.02. The maximum absolute atomic E-state index is 6.38. The van der Waals surface area contributed by atoms with E-state index in [0.717, 1.165) is 10.6 Å². The number of benzene rings is 1. The van der Waals surface area contributed by atoms with Crippen LogP contribution in [-0.2, 0) is 4.74 Å². The fourth-order valence-electron chi connectivity index (χ4n) is 2.87. The van der Waals surface area contributed by atoms with Crippen LogP contribution in [0.15, 0.2) is 24.3 Å². The highest BCUT2D eigenvalue weighted by Crippen LogP contribution is 2.40. The minimum Gasteiger partial charge on any atom is -0.375 e. The van der Waals surface area contributed by atoms with E-state index in [1.807, 2.05) is 24.3 Å². The van der Waals surface area contributed by atoms with E-state index >= 15 is 0 Å². The van der Waals surface area contributed by atoms with Gasteiger partial charge in [-0.05, 0) is 31.4 Å². The number of rotatable bonds is 2. The van der Waals surface area contributed by atoms with E-state index in [-0.39, 0.29) is 18.2 Å². The van der Waals surface area contributed by atoms with Crippen LogP contribution in [0.25, 0.3) is 0 Å². The first-order valence-electron chi connectivity index (χ1n) is 6.18. The third-order valence-corrected chi connectivity index (χ3v) is 4.34. The van der Waals surface area contributed by atoms with E-state index in [1.54, 1.807) is 0 Å². The van der Waals surface area contributed by atoms with Gasteiger partial charge in [-0.3, -0.25) is 0 Å². The van der Waals surface area contributed by atoms with E-state index in [1.165, 1.54) is 0 Å². The first kappa shape index (κ1) is 12.9. The molecule has 1 heterocycles. The monoisotopic (exact) mass is 253 g/mol. The largest absolute Gasteiger partial charge is 0.375 e. The van der Waals surface area contributed by atoms with Crippen molar-refractivity contribution in [3.63, 3.8) is 0 Å². The highest BCUT2D eigenvalue weighted by molar-refractivity contribution is 6.31. The zero-order valence-corrected chi connectivity index (χ0v) is 11.3. The minimum atomic E-state index is -0.0568. The molecular weight excluding hydrogens is 234 g/mol. The molecule has 0 spiro atoms. The number of hydrogen-bond acceptors (Lipinski definition) is 2. The molecule has 1 aliphatic rings. The van der Waals surface area contributed by atoms with Crippen LogP contribution >= 0.6 is 11.6 Å². The molecule has 0 bridgehead atoms. The summed E-state index contributed by atoms with van der Waals surface area (Å²) in [4.78, 5) is 0. The summed E-state index contributed by atoms with van der Waals surface area (Å²) in [6.07, 6.45) is 0.454. The molecule has 0 aliphatic carbocycles. The van der Waals surface area contributed by atoms with Crippen LogP contribution in [0.2, 0.25) is 5.02 Å². The van der Waals surface area contributed by atoms with Gasteiger partial charge in [0.2, 0.25) is 0 Å². The first-order valence-corrected chi connectivity index (χ1v) is 6.55. The van der Waals surface area contributed by atoms with Gasteiger partial charge in [0, 0.05) is 17.0 Å². The van der Waals surface area contributed by atoms with E-state index < -0.39 is 0 Å². The smallest absolute Gasteiger partial charge is 0.0600 e. The van der Waals surface area contributed by atoms with Gasteiger partial charge in [0.1, 0.15) is 0 Å². The molecule has 2 nitrogen and oxygen atoms in total. The molecule has 1 aliphatic heterocycles. The van der Waals surface area contributed by atoms with Crippen LogP contribution in [0, 0.1) is 11.8 Å². The lowest BCUT2D eigenvalue weighted by atomic mass is 9.81. The van der Waals surface area contributed by atoms with Crippen molar-refractivity contribution in [1.82, 2.24) is 0 Å². The van der Waals surface area contributed by atoms with Crippen molar-refractivity contribution in [3.8, 4) is 0 Å². The molecule has 0 amide bonds. The van der Waals surface area contributed by atoms with Crippen LogP contribution in [0.4, 0.5) is 0 Å². The maximum Gasteiger partial charge on any atom is 0.0600 e. The molecule has 3 heteroatoms. The molecule has 1 aromatic rings. The van der Waals surface area contributed by atoms with Crippen molar-refractivity contribution >= 4 is 11.6 Å². The second-order valence-electron chi connectivity index (χ2n) is 5.03. The zero-order chi connectivity index (χ0) is 12.6. The lowest BCUT2D eigenvalue weighted by molar-refractivity contribution is 0.0489. The van der Waals surface area contributed by atoms with Crippen molar-refractivity contribution in [1.29, 1.82) is 0 Å². The minimum absolute atomic E-state index is 0.0568. The zero-order valence-electron chi connectivity index (χ0n) is 10.6. The third-order valence-electron chi connectivity index (χ3n) is 4.00. The summed E-state index contributed by atoms with van der Waals surface area (Å²) >= 11 is 6.21. The van der Waals surface area contributed by atoms with Gasteiger partial charge in [-0.25, -0.2) is 0 Å². The SMILES string of the molecule is CC1OC(C)C(C(N)c2ccccc2Cl)C1C. The summed E-state index contributed by atoms with van der Waals surface area (Å²) in [5, 5.41) is 0.749. The summed E-state index contributed by atoms with van der Waals surface area (Å²) in [5.41, 5.74) is 7.40. The molecule has 1 saturated heterocycles. The Morgan fingerprint density at radius 2 is 1.82 bits per heavy atom. The van der Waals surface area contributed by atoms with Crippen molar-refractivity contribution < 1.29 is 4.74 Å². The molecule has 5 atom stereocenters. The summed E-state index contributed by atoms with van der Waals surface area (Å²) in [7, 11) is 0. The average Bonchev–Trinajstić information content (AvgIpc) is 2.53. The van der Waals surface area contributed by atoms with Crippen LogP contribution in [0.1, 0.15) is 32.4 Å². The highest BCUT2D eigenvalue weighted by atomic mass is 35.5. The van der Waals surface area contributed by atoms with Gasteiger partial charge in [0.05, 0.1) is 12.2 Å². The van der Waals surface area contributed by atoms with Gasteiger partial charge in [0.15, 0.2) is 0 Å². The molecule has 94 valence electrons. The molecule has 0 radical (unpaired) electrons. The van der Waals surface area contributed by atoms with E-state index in [9.17, 15) is 0 Å². The van der Waals surface area contributed by atoms with Crippen molar-refractivity contribution in [2.24, 2.45) is 17.6 Å². The molecule has 17 heavy (non-hydrogen) atoms. The second-order valence-corrected chi connectivity index (χ2v) is 5.44. The van der Waals surface area contributed by atoms with E-state index in [2.05, 4.69) is 20.8 Å². The summed E-state index contributed by atoms with van der Waals surface area (Å²) in [5.74, 6) is 0.779. The fourth-order valence-corrected chi connectivity index (χ4v) is 3.13. The molecule has 0 aromatic heterocycles. The van der Waals surface area contributed by atoms with Gasteiger partial charge in [0.25, 0.3) is 0 Å². The lowest BCUT2D eigenvalue weighted by Crippen LogP contribution is -2.30. The predicted octanol–water partition coefficient (Wildman–Crippen LogP) is 3.40. The van der Waals surface area contributed by atoms with Crippen LogP contribution in [-0.4, -0.2) is 12.2 Å². The Labute approximate surface area is 108 Å². The van der Waals surface area contributed by atoms with E-state index in [4.69, 9.17) is 22.1 Å². The normalized spacial score (nSPS) is 34.9. The Balaban J connectivity index is 2.26. The summed E-state index contributed by atoms with van der Waals surface area (Å²) < 4.78 is 5.85. The number of nitrogens with two attached hydrogens (primary N) is 1. The van der Waals surface area contributed by atoms with Gasteiger partial charge < -0.3 is 10.5 Å². The van der Waals surface area contributed by atoms with Crippen LogP contribution < -0.4 is 5.73 Å². The Kier molecular flexibility index (Phi) is 3.76. The molecule has 2 rings (SSSR count). The Hall–Kier alpha value is -0.570. The Morgan fingerprint density at radius 3 is 2.35 bits per heavy atom. The fraction of sp³-hybridized carbons (Fsp3) is 0.571. The van der Waals surface area contributed by atoms with Gasteiger partial charge in [-0.1, -0.05) is 36.7 Å². The van der Waals surface area contributed by atoms with Crippen LogP contribution in [0.5, 0.6) is 0 Å². The average molecular weight is 254 g/mol. The molecule has 0 saturated carbocycles. The maximum atomic E-state index is 6.38. The number of ether oxygens (including phenoxy) is 1. The third kappa shape index (κ3) is 2.35. The second kappa shape index (κ2) is 4.97. The predicted molar refractivity (Wildman–Crippen MR) is 71.0 cm³/mol. The van der Waals surface area contributed by atoms with Gasteiger partial charge in [-0.2, -0.15) is 0 Å². The summed E-state index contributed by atoms with van der Waals surface area (Å²) in [6, 6.07) is 7.76. The molecule has 1 fully saturated rings. The number of halogens is 1. The van der Waals surface area contributed by atoms with Crippen molar-refractivity contribution in [2.75, 3.05) is 0 Å². The molecule has 1 aromatic carbocycles. The quantitative estimate of drug-likeness (QED) is 0.877. The Morgan fingerprint density at radius 1 is 1.18 bits per heavy atom. The topological polar surface area (TPSA) is 35.2 Å². The standard InChI is InChI=1S/C14H20ClNO/c1-8-9(2)17-10(3)13(8)14(16)11-6-4-5-7-12(11)15/h4-10,13-14H,16H2,1-3H3. The van der Waals surface area contributed by atoms with Gasteiger partial charge >= 0.3 is 0 Å². The molecule has 5 unspecified atom stereocenters. The van der Waals surface area contributed by atoms with Crippen molar-refractivity contribution in [2.45, 2.75) is 39.0 Å². The molecular formula is C14H20ClNO.